The molecule has 2 fully saturated rings. The molecular weight excluding hydrogens is 222 g/mol. The molecule has 2 aliphatic carbocycles. The molecule has 1 spiro atoms. The molecule has 106 valence electrons. The van der Waals surface area contributed by atoms with Gasteiger partial charge >= 0.3 is 0 Å². The average Bonchev–Trinajstić information content (AvgIpc) is 2.61. The van der Waals surface area contributed by atoms with Crippen LogP contribution in [0.2, 0.25) is 0 Å². The average molecular weight is 253 g/mol. The zero-order chi connectivity index (χ0) is 13.2. The van der Waals surface area contributed by atoms with E-state index in [4.69, 9.17) is 4.74 Å². The van der Waals surface area contributed by atoms with Crippen LogP contribution in [0.4, 0.5) is 0 Å². The maximum absolute atomic E-state index is 6.46. The highest BCUT2D eigenvalue weighted by Crippen LogP contribution is 2.53. The smallest absolute Gasteiger partial charge is 0.0668 e. The largest absolute Gasteiger partial charge is 0.372 e. The summed E-state index contributed by atoms with van der Waals surface area (Å²) in [6, 6.07) is 0.688. The third-order valence-corrected chi connectivity index (χ3v) is 5.48. The lowest BCUT2D eigenvalue weighted by atomic mass is 9.57. The Balaban J connectivity index is 2.07. The lowest BCUT2D eigenvalue weighted by Crippen LogP contribution is -2.64. The number of rotatable bonds is 4. The van der Waals surface area contributed by atoms with Gasteiger partial charge in [-0.1, -0.05) is 32.6 Å². The fourth-order valence-corrected chi connectivity index (χ4v) is 3.84. The first-order valence-electron chi connectivity index (χ1n) is 7.89. The van der Waals surface area contributed by atoms with E-state index in [0.717, 1.165) is 6.42 Å². The highest BCUT2D eigenvalue weighted by Gasteiger charge is 2.55. The normalized spacial score (nSPS) is 32.0. The second-order valence-corrected chi connectivity index (χ2v) is 6.94. The molecule has 0 aromatic carbocycles. The van der Waals surface area contributed by atoms with Gasteiger partial charge in [-0.05, 0) is 46.6 Å². The van der Waals surface area contributed by atoms with Crippen LogP contribution < -0.4 is 5.32 Å². The summed E-state index contributed by atoms with van der Waals surface area (Å²) < 4.78 is 6.46. The van der Waals surface area contributed by atoms with Crippen molar-refractivity contribution in [3.8, 4) is 0 Å². The van der Waals surface area contributed by atoms with Crippen LogP contribution in [-0.4, -0.2) is 24.8 Å². The number of nitrogens with one attached hydrogen (secondary N) is 1. The molecule has 2 saturated carbocycles. The van der Waals surface area contributed by atoms with Crippen LogP contribution >= 0.6 is 0 Å². The highest BCUT2D eigenvalue weighted by atomic mass is 16.5. The van der Waals surface area contributed by atoms with E-state index in [1.165, 1.54) is 44.9 Å². The Labute approximate surface area is 113 Å². The Morgan fingerprint density at radius 3 is 2.28 bits per heavy atom. The summed E-state index contributed by atoms with van der Waals surface area (Å²) in [5, 5.41) is 3.54. The molecule has 0 aromatic rings. The van der Waals surface area contributed by atoms with Gasteiger partial charge in [0.1, 0.15) is 0 Å². The predicted octanol–water partition coefficient (Wildman–Crippen LogP) is 3.89. The molecule has 0 saturated heterocycles. The van der Waals surface area contributed by atoms with Crippen LogP contribution in [0.15, 0.2) is 0 Å². The maximum Gasteiger partial charge on any atom is 0.0668 e. The monoisotopic (exact) mass is 253 g/mol. The molecule has 1 N–H and O–H groups in total. The van der Waals surface area contributed by atoms with E-state index in [1.807, 2.05) is 0 Å². The molecule has 0 aliphatic heterocycles. The summed E-state index contributed by atoms with van der Waals surface area (Å²) in [4.78, 5) is 0. The Hall–Kier alpha value is -0.0800. The molecule has 2 aliphatic rings. The van der Waals surface area contributed by atoms with E-state index < -0.39 is 0 Å². The van der Waals surface area contributed by atoms with Crippen LogP contribution in [0.5, 0.6) is 0 Å². The molecule has 18 heavy (non-hydrogen) atoms. The first-order valence-corrected chi connectivity index (χ1v) is 7.89. The van der Waals surface area contributed by atoms with Gasteiger partial charge in [0.15, 0.2) is 0 Å². The molecule has 0 amide bonds. The minimum Gasteiger partial charge on any atom is -0.372 e. The third kappa shape index (κ3) is 2.60. The summed E-state index contributed by atoms with van der Waals surface area (Å²) in [7, 11) is 2.12. The Kier molecular flexibility index (Phi) is 4.38. The maximum atomic E-state index is 6.46. The van der Waals surface area contributed by atoms with Crippen LogP contribution in [-0.2, 0) is 4.74 Å². The summed E-state index contributed by atoms with van der Waals surface area (Å²) in [6.45, 7) is 6.71. The van der Waals surface area contributed by atoms with E-state index in [2.05, 4.69) is 33.1 Å². The third-order valence-electron chi connectivity index (χ3n) is 5.48. The van der Waals surface area contributed by atoms with Crippen molar-refractivity contribution < 1.29 is 4.74 Å². The van der Waals surface area contributed by atoms with Gasteiger partial charge in [0.25, 0.3) is 0 Å². The quantitative estimate of drug-likeness (QED) is 0.820. The van der Waals surface area contributed by atoms with Crippen molar-refractivity contribution in [2.75, 3.05) is 7.05 Å². The second kappa shape index (κ2) is 5.50. The number of hydrogen-bond donors (Lipinski definition) is 1. The van der Waals surface area contributed by atoms with Crippen LogP contribution in [0.3, 0.4) is 0 Å². The van der Waals surface area contributed by atoms with E-state index >= 15 is 0 Å². The van der Waals surface area contributed by atoms with Gasteiger partial charge in [-0.25, -0.2) is 0 Å². The second-order valence-electron chi connectivity index (χ2n) is 6.94. The molecule has 2 unspecified atom stereocenters. The van der Waals surface area contributed by atoms with E-state index in [-0.39, 0.29) is 5.60 Å². The highest BCUT2D eigenvalue weighted by molar-refractivity contribution is 5.08. The molecule has 2 atom stereocenters. The zero-order valence-corrected chi connectivity index (χ0v) is 12.7. The van der Waals surface area contributed by atoms with Gasteiger partial charge in [0.2, 0.25) is 0 Å². The Morgan fingerprint density at radius 2 is 1.78 bits per heavy atom. The first kappa shape index (κ1) is 14.3. The number of hydrogen-bond acceptors (Lipinski definition) is 2. The van der Waals surface area contributed by atoms with Crippen molar-refractivity contribution in [1.82, 2.24) is 5.32 Å². The summed E-state index contributed by atoms with van der Waals surface area (Å²) in [5.41, 5.74) is 0.486. The first-order chi connectivity index (χ1) is 8.54. The Bertz CT molecular complexity index is 266. The predicted molar refractivity (Wildman–Crippen MR) is 76.8 cm³/mol. The van der Waals surface area contributed by atoms with Crippen molar-refractivity contribution in [1.29, 1.82) is 0 Å². The molecule has 0 heterocycles. The van der Waals surface area contributed by atoms with E-state index in [0.29, 0.717) is 17.6 Å². The molecule has 0 bridgehead atoms. The SMILES string of the molecule is CCC(C)(C)OC1CC(NC)C12CCCCCC2. The molecule has 2 rings (SSSR count). The summed E-state index contributed by atoms with van der Waals surface area (Å²) >= 11 is 0. The number of ether oxygens (including phenoxy) is 1. The fraction of sp³-hybridized carbons (Fsp3) is 1.00. The van der Waals surface area contributed by atoms with Gasteiger partial charge in [-0.15, -0.1) is 0 Å². The van der Waals surface area contributed by atoms with Gasteiger partial charge in [0, 0.05) is 11.5 Å². The minimum absolute atomic E-state index is 0.0443. The van der Waals surface area contributed by atoms with Crippen molar-refractivity contribution in [3.05, 3.63) is 0 Å². The zero-order valence-electron chi connectivity index (χ0n) is 12.7. The van der Waals surface area contributed by atoms with Gasteiger partial charge < -0.3 is 10.1 Å². The standard InChI is InChI=1S/C16H31NO/c1-5-15(2,3)18-14-12-13(17-4)16(14)10-8-6-7-9-11-16/h13-14,17H,5-12H2,1-4H3. The van der Waals surface area contributed by atoms with Crippen LogP contribution in [0, 0.1) is 5.41 Å². The van der Waals surface area contributed by atoms with Gasteiger partial charge in [-0.3, -0.25) is 0 Å². The minimum atomic E-state index is 0.0443. The summed E-state index contributed by atoms with van der Waals surface area (Å²) in [6.07, 6.45) is 11.2. The van der Waals surface area contributed by atoms with Crippen LogP contribution in [0.25, 0.3) is 0 Å². The molecule has 0 radical (unpaired) electrons. The topological polar surface area (TPSA) is 21.3 Å². The van der Waals surface area contributed by atoms with Gasteiger partial charge in [-0.2, -0.15) is 0 Å². The summed E-state index contributed by atoms with van der Waals surface area (Å²) in [5.74, 6) is 0. The molecular formula is C16H31NO. The van der Waals surface area contributed by atoms with Crippen molar-refractivity contribution in [2.45, 2.75) is 89.9 Å². The van der Waals surface area contributed by atoms with Crippen molar-refractivity contribution >= 4 is 0 Å². The van der Waals surface area contributed by atoms with Gasteiger partial charge in [0.05, 0.1) is 11.7 Å². The Morgan fingerprint density at radius 1 is 1.17 bits per heavy atom. The van der Waals surface area contributed by atoms with Crippen LogP contribution in [0.1, 0.15) is 72.1 Å². The van der Waals surface area contributed by atoms with E-state index in [1.54, 1.807) is 0 Å². The van der Waals surface area contributed by atoms with Crippen molar-refractivity contribution in [3.63, 3.8) is 0 Å². The lowest BCUT2D eigenvalue weighted by Gasteiger charge is -2.57. The fourth-order valence-electron chi connectivity index (χ4n) is 3.84. The lowest BCUT2D eigenvalue weighted by molar-refractivity contribution is -0.196. The van der Waals surface area contributed by atoms with E-state index in [9.17, 15) is 0 Å². The van der Waals surface area contributed by atoms with Crippen molar-refractivity contribution in [2.24, 2.45) is 5.41 Å². The molecule has 0 aromatic heterocycles. The molecule has 2 heteroatoms. The molecule has 2 nitrogen and oxygen atoms in total.